The molecule has 1 aromatic heterocycles. The van der Waals surface area contributed by atoms with Crippen molar-refractivity contribution in [2.24, 2.45) is 5.92 Å². The van der Waals surface area contributed by atoms with Gasteiger partial charge in [-0.05, 0) is 31.2 Å². The zero-order chi connectivity index (χ0) is 12.3. The van der Waals surface area contributed by atoms with Crippen LogP contribution in [0.1, 0.15) is 43.0 Å². The van der Waals surface area contributed by atoms with Crippen molar-refractivity contribution in [3.8, 4) is 5.88 Å². The van der Waals surface area contributed by atoms with Gasteiger partial charge in [0.25, 0.3) is 0 Å². The van der Waals surface area contributed by atoms with Crippen LogP contribution in [0, 0.1) is 5.92 Å². The van der Waals surface area contributed by atoms with Gasteiger partial charge in [0.1, 0.15) is 6.10 Å². The van der Waals surface area contributed by atoms with Crippen LogP contribution in [0.25, 0.3) is 0 Å². The summed E-state index contributed by atoms with van der Waals surface area (Å²) in [4.78, 5) is 14.9. The molecule has 1 aromatic rings. The van der Waals surface area contributed by atoms with Gasteiger partial charge in [0, 0.05) is 12.3 Å². The standard InChI is InChI=1S/C13H17NO3/c1-9-4-2-3-5-11(9)17-12-8-10(13(15)16)6-7-14-12/h6-9,11H,2-5H2,1H3,(H,15,16)/t9-,11+/m0/s1. The van der Waals surface area contributed by atoms with Crippen LogP contribution in [-0.4, -0.2) is 22.2 Å². The topological polar surface area (TPSA) is 59.4 Å². The highest BCUT2D eigenvalue weighted by molar-refractivity contribution is 5.87. The number of carboxylic acid groups (broad SMARTS) is 1. The molecule has 1 aliphatic rings. The molecule has 2 atom stereocenters. The van der Waals surface area contributed by atoms with Gasteiger partial charge in [-0.25, -0.2) is 9.78 Å². The van der Waals surface area contributed by atoms with E-state index >= 15 is 0 Å². The van der Waals surface area contributed by atoms with Crippen molar-refractivity contribution in [3.63, 3.8) is 0 Å². The van der Waals surface area contributed by atoms with Crippen LogP contribution in [0.4, 0.5) is 0 Å². The van der Waals surface area contributed by atoms with Crippen LogP contribution in [0.5, 0.6) is 5.88 Å². The largest absolute Gasteiger partial charge is 0.478 e. The lowest BCUT2D eigenvalue weighted by atomic mass is 9.88. The van der Waals surface area contributed by atoms with E-state index in [9.17, 15) is 4.79 Å². The maximum absolute atomic E-state index is 10.8. The number of aromatic nitrogens is 1. The molecule has 4 heteroatoms. The van der Waals surface area contributed by atoms with E-state index in [4.69, 9.17) is 9.84 Å². The molecule has 4 nitrogen and oxygen atoms in total. The summed E-state index contributed by atoms with van der Waals surface area (Å²) in [6.07, 6.45) is 6.27. The fourth-order valence-electron chi connectivity index (χ4n) is 2.22. The summed E-state index contributed by atoms with van der Waals surface area (Å²) in [7, 11) is 0. The predicted molar refractivity (Wildman–Crippen MR) is 63.2 cm³/mol. The van der Waals surface area contributed by atoms with Gasteiger partial charge in [-0.2, -0.15) is 0 Å². The molecule has 1 aliphatic carbocycles. The minimum atomic E-state index is -0.950. The summed E-state index contributed by atoms with van der Waals surface area (Å²) in [5, 5.41) is 8.88. The number of carboxylic acids is 1. The van der Waals surface area contributed by atoms with E-state index in [0.29, 0.717) is 11.8 Å². The number of aromatic carboxylic acids is 1. The Balaban J connectivity index is 2.07. The van der Waals surface area contributed by atoms with Crippen LogP contribution in [0.3, 0.4) is 0 Å². The molecule has 0 aliphatic heterocycles. The van der Waals surface area contributed by atoms with Gasteiger partial charge in [0.05, 0.1) is 5.56 Å². The van der Waals surface area contributed by atoms with Crippen molar-refractivity contribution in [3.05, 3.63) is 23.9 Å². The van der Waals surface area contributed by atoms with E-state index in [1.54, 1.807) is 0 Å². The maximum atomic E-state index is 10.8. The van der Waals surface area contributed by atoms with Crippen molar-refractivity contribution >= 4 is 5.97 Å². The highest BCUT2D eigenvalue weighted by Gasteiger charge is 2.23. The fraction of sp³-hybridized carbons (Fsp3) is 0.538. The number of nitrogens with zero attached hydrogens (tertiary/aromatic N) is 1. The van der Waals surface area contributed by atoms with Gasteiger partial charge >= 0.3 is 5.97 Å². The first kappa shape index (κ1) is 11.9. The molecule has 0 radical (unpaired) electrons. The molecule has 0 spiro atoms. The van der Waals surface area contributed by atoms with E-state index in [0.717, 1.165) is 6.42 Å². The Kier molecular flexibility index (Phi) is 3.61. The number of carbonyl (C=O) groups is 1. The molecule has 1 fully saturated rings. The molecule has 1 heterocycles. The Bertz CT molecular complexity index is 405. The predicted octanol–water partition coefficient (Wildman–Crippen LogP) is 2.74. The lowest BCUT2D eigenvalue weighted by Crippen LogP contribution is -2.28. The summed E-state index contributed by atoms with van der Waals surface area (Å²) in [6.45, 7) is 2.17. The Morgan fingerprint density at radius 1 is 1.47 bits per heavy atom. The zero-order valence-corrected chi connectivity index (χ0v) is 9.93. The van der Waals surface area contributed by atoms with E-state index in [-0.39, 0.29) is 11.7 Å². The molecule has 1 N–H and O–H groups in total. The number of hydrogen-bond donors (Lipinski definition) is 1. The Morgan fingerprint density at radius 2 is 2.24 bits per heavy atom. The minimum absolute atomic E-state index is 0.167. The number of hydrogen-bond acceptors (Lipinski definition) is 3. The number of ether oxygens (including phenoxy) is 1. The zero-order valence-electron chi connectivity index (χ0n) is 9.93. The molecule has 1 saturated carbocycles. The summed E-state index contributed by atoms with van der Waals surface area (Å²) in [6, 6.07) is 2.96. The van der Waals surface area contributed by atoms with Crippen LogP contribution in [0.2, 0.25) is 0 Å². The summed E-state index contributed by atoms with van der Waals surface area (Å²) in [5.41, 5.74) is 0.221. The second-order valence-electron chi connectivity index (χ2n) is 4.61. The molecule has 92 valence electrons. The lowest BCUT2D eigenvalue weighted by Gasteiger charge is -2.28. The fourth-order valence-corrected chi connectivity index (χ4v) is 2.22. The average Bonchev–Trinajstić information content (AvgIpc) is 2.32. The summed E-state index contributed by atoms with van der Waals surface area (Å²) in [5.74, 6) is -0.0170. The Hall–Kier alpha value is -1.58. The number of rotatable bonds is 3. The lowest BCUT2D eigenvalue weighted by molar-refractivity contribution is 0.0693. The molecule has 0 bridgehead atoms. The summed E-state index contributed by atoms with van der Waals surface area (Å²) >= 11 is 0. The quantitative estimate of drug-likeness (QED) is 0.875. The Morgan fingerprint density at radius 3 is 2.94 bits per heavy atom. The van der Waals surface area contributed by atoms with Crippen LogP contribution >= 0.6 is 0 Å². The molecule has 0 aromatic carbocycles. The average molecular weight is 235 g/mol. The maximum Gasteiger partial charge on any atom is 0.335 e. The third kappa shape index (κ3) is 2.96. The van der Waals surface area contributed by atoms with E-state index in [2.05, 4.69) is 11.9 Å². The summed E-state index contributed by atoms with van der Waals surface area (Å²) < 4.78 is 5.78. The smallest absolute Gasteiger partial charge is 0.335 e. The molecular formula is C13H17NO3. The highest BCUT2D eigenvalue weighted by Crippen LogP contribution is 2.27. The molecule has 0 amide bonds. The highest BCUT2D eigenvalue weighted by atomic mass is 16.5. The molecular weight excluding hydrogens is 218 g/mol. The SMILES string of the molecule is C[C@H]1CCCC[C@H]1Oc1cc(C(=O)O)ccn1. The minimum Gasteiger partial charge on any atom is -0.478 e. The first-order valence-electron chi connectivity index (χ1n) is 6.03. The molecule has 2 rings (SSSR count). The second kappa shape index (κ2) is 5.17. The van der Waals surface area contributed by atoms with Crippen LogP contribution in [0.15, 0.2) is 18.3 Å². The van der Waals surface area contributed by atoms with Gasteiger partial charge in [-0.1, -0.05) is 13.3 Å². The second-order valence-corrected chi connectivity index (χ2v) is 4.61. The molecule has 0 saturated heterocycles. The van der Waals surface area contributed by atoms with Crippen molar-refractivity contribution in [2.75, 3.05) is 0 Å². The van der Waals surface area contributed by atoms with Crippen molar-refractivity contribution in [1.82, 2.24) is 4.98 Å². The van der Waals surface area contributed by atoms with Gasteiger partial charge in [0.2, 0.25) is 5.88 Å². The van der Waals surface area contributed by atoms with Gasteiger partial charge in [0.15, 0.2) is 0 Å². The Labute approximate surface area is 101 Å². The third-order valence-electron chi connectivity index (χ3n) is 3.29. The van der Waals surface area contributed by atoms with Crippen molar-refractivity contribution < 1.29 is 14.6 Å². The van der Waals surface area contributed by atoms with Gasteiger partial charge in [-0.15, -0.1) is 0 Å². The van der Waals surface area contributed by atoms with E-state index in [1.165, 1.54) is 37.6 Å². The molecule has 0 unspecified atom stereocenters. The van der Waals surface area contributed by atoms with Crippen LogP contribution < -0.4 is 4.74 Å². The van der Waals surface area contributed by atoms with Crippen molar-refractivity contribution in [2.45, 2.75) is 38.7 Å². The van der Waals surface area contributed by atoms with E-state index < -0.39 is 5.97 Å². The molecule has 17 heavy (non-hydrogen) atoms. The number of pyridine rings is 1. The van der Waals surface area contributed by atoms with Gasteiger partial charge in [-0.3, -0.25) is 0 Å². The third-order valence-corrected chi connectivity index (χ3v) is 3.29. The first-order chi connectivity index (χ1) is 8.16. The van der Waals surface area contributed by atoms with Gasteiger partial charge < -0.3 is 9.84 Å². The monoisotopic (exact) mass is 235 g/mol. The van der Waals surface area contributed by atoms with Crippen molar-refractivity contribution in [1.29, 1.82) is 0 Å². The van der Waals surface area contributed by atoms with E-state index in [1.807, 2.05) is 0 Å². The van der Waals surface area contributed by atoms with Crippen LogP contribution in [-0.2, 0) is 0 Å². The normalized spacial score (nSPS) is 24.3. The first-order valence-corrected chi connectivity index (χ1v) is 6.03.